The summed E-state index contributed by atoms with van der Waals surface area (Å²) in [6.07, 6.45) is 0.0215. The Balaban J connectivity index is 1.57. The Bertz CT molecular complexity index is 1100. The van der Waals surface area contributed by atoms with Gasteiger partial charge in [0.15, 0.2) is 0 Å². The molecule has 0 saturated carbocycles. The van der Waals surface area contributed by atoms with Gasteiger partial charge >= 0.3 is 0 Å². The zero-order chi connectivity index (χ0) is 24.5. The average molecular weight is 470 g/mol. The smallest absolute Gasteiger partial charge is 0.119 e. The molecule has 4 N–H and O–H groups in total. The molecule has 4 aromatic carbocycles. The van der Waals surface area contributed by atoms with Crippen LogP contribution in [0.25, 0.3) is 0 Å². The van der Waals surface area contributed by atoms with Crippen molar-refractivity contribution in [3.63, 3.8) is 0 Å². The van der Waals surface area contributed by atoms with Gasteiger partial charge in [-0.3, -0.25) is 0 Å². The first-order valence-electron chi connectivity index (χ1n) is 11.8. The largest absolute Gasteiger partial charge is 0.508 e. The molecular weight excluding hydrogens is 438 g/mol. The molecule has 0 aromatic heterocycles. The lowest BCUT2D eigenvalue weighted by molar-refractivity contribution is 0.103. The molecule has 2 atom stereocenters. The number of aliphatic hydroxyl groups excluding tert-OH is 1. The summed E-state index contributed by atoms with van der Waals surface area (Å²) in [5, 5.41) is 33.9. The summed E-state index contributed by atoms with van der Waals surface area (Å²) in [5.41, 5.74) is 3.22. The van der Waals surface area contributed by atoms with Gasteiger partial charge in [-0.2, -0.15) is 0 Å². The molecule has 0 spiro atoms. The van der Waals surface area contributed by atoms with Gasteiger partial charge in [-0.05, 0) is 59.5 Å². The number of aliphatic hydroxyl groups is 1. The molecule has 1 unspecified atom stereocenters. The highest BCUT2D eigenvalue weighted by atomic mass is 16.5. The van der Waals surface area contributed by atoms with Crippen molar-refractivity contribution in [1.82, 2.24) is 5.32 Å². The number of benzene rings is 4. The van der Waals surface area contributed by atoms with E-state index in [1.54, 1.807) is 24.3 Å². The van der Waals surface area contributed by atoms with Crippen molar-refractivity contribution in [2.45, 2.75) is 24.5 Å². The number of aromatic hydroxyl groups is 2. The summed E-state index contributed by atoms with van der Waals surface area (Å²) in [6, 6.07) is 34.0. The van der Waals surface area contributed by atoms with Crippen LogP contribution in [-0.4, -0.2) is 40.6 Å². The van der Waals surface area contributed by atoms with Crippen molar-refractivity contribution in [1.29, 1.82) is 0 Å². The quantitative estimate of drug-likeness (QED) is 0.252. The van der Waals surface area contributed by atoms with Crippen molar-refractivity contribution < 1.29 is 20.1 Å². The lowest BCUT2D eigenvalue weighted by Gasteiger charge is -2.30. The van der Waals surface area contributed by atoms with Crippen LogP contribution in [0.1, 0.15) is 22.6 Å². The first-order valence-corrected chi connectivity index (χ1v) is 11.8. The Hall–Kier alpha value is -3.80. The molecule has 0 fully saturated rings. The van der Waals surface area contributed by atoms with Crippen molar-refractivity contribution in [3.8, 4) is 17.2 Å². The van der Waals surface area contributed by atoms with E-state index in [0.29, 0.717) is 6.54 Å². The number of phenolic OH excluding ortho intramolecular Hbond substituents is 2. The van der Waals surface area contributed by atoms with Crippen LogP contribution >= 0.6 is 0 Å². The molecular formula is C30H31NO4. The number of ether oxygens (including phenoxy) is 1. The second-order valence-electron chi connectivity index (χ2n) is 8.64. The third-order valence-electron chi connectivity index (χ3n) is 6.01. The fraction of sp³-hybridized carbons (Fsp3) is 0.200. The summed E-state index contributed by atoms with van der Waals surface area (Å²) < 4.78 is 5.73. The number of rotatable bonds is 11. The highest BCUT2D eigenvalue weighted by Gasteiger charge is 2.26. The molecule has 0 aliphatic carbocycles. The second kappa shape index (κ2) is 12.1. The minimum absolute atomic E-state index is 0.0714. The van der Waals surface area contributed by atoms with Gasteiger partial charge in [-0.1, -0.05) is 72.8 Å². The van der Waals surface area contributed by atoms with Gasteiger partial charge in [-0.25, -0.2) is 0 Å². The maximum Gasteiger partial charge on any atom is 0.119 e. The summed E-state index contributed by atoms with van der Waals surface area (Å²) in [4.78, 5) is 0. The van der Waals surface area contributed by atoms with E-state index in [2.05, 4.69) is 17.4 Å². The molecule has 35 heavy (non-hydrogen) atoms. The van der Waals surface area contributed by atoms with Crippen LogP contribution in [-0.2, 0) is 6.42 Å². The van der Waals surface area contributed by atoms with E-state index in [1.165, 1.54) is 5.56 Å². The fourth-order valence-electron chi connectivity index (χ4n) is 4.25. The molecule has 0 aliphatic heterocycles. The molecule has 0 aliphatic rings. The monoisotopic (exact) mass is 469 g/mol. The number of para-hydroxylation sites is 1. The van der Waals surface area contributed by atoms with Crippen molar-refractivity contribution in [2.75, 3.05) is 13.2 Å². The van der Waals surface area contributed by atoms with Crippen LogP contribution in [0.3, 0.4) is 0 Å². The Labute approximate surface area is 206 Å². The molecule has 5 nitrogen and oxygen atoms in total. The number of hydrogen-bond donors (Lipinski definition) is 4. The van der Waals surface area contributed by atoms with Crippen LogP contribution < -0.4 is 10.1 Å². The second-order valence-corrected chi connectivity index (χ2v) is 8.64. The van der Waals surface area contributed by atoms with Gasteiger partial charge in [-0.15, -0.1) is 0 Å². The van der Waals surface area contributed by atoms with E-state index in [9.17, 15) is 15.3 Å². The Morgan fingerprint density at radius 3 is 1.71 bits per heavy atom. The van der Waals surface area contributed by atoms with E-state index in [0.717, 1.165) is 23.3 Å². The van der Waals surface area contributed by atoms with Crippen LogP contribution in [0.15, 0.2) is 109 Å². The summed E-state index contributed by atoms with van der Waals surface area (Å²) in [5.74, 6) is 1.05. The highest BCUT2D eigenvalue weighted by Crippen LogP contribution is 2.32. The summed E-state index contributed by atoms with van der Waals surface area (Å²) in [7, 11) is 0. The van der Waals surface area contributed by atoms with Crippen LogP contribution in [0, 0.1) is 0 Å². The average Bonchev–Trinajstić information content (AvgIpc) is 2.89. The zero-order valence-electron chi connectivity index (χ0n) is 19.5. The third-order valence-corrected chi connectivity index (χ3v) is 6.01. The van der Waals surface area contributed by atoms with E-state index in [1.807, 2.05) is 72.8 Å². The number of hydrogen-bond acceptors (Lipinski definition) is 5. The van der Waals surface area contributed by atoms with E-state index < -0.39 is 6.10 Å². The molecule has 0 heterocycles. The van der Waals surface area contributed by atoms with E-state index in [-0.39, 0.29) is 30.1 Å². The lowest BCUT2D eigenvalue weighted by Crippen LogP contribution is -2.43. The zero-order valence-corrected chi connectivity index (χ0v) is 19.5. The van der Waals surface area contributed by atoms with E-state index >= 15 is 0 Å². The predicted molar refractivity (Wildman–Crippen MR) is 138 cm³/mol. The van der Waals surface area contributed by atoms with Gasteiger partial charge in [0.1, 0.15) is 30.0 Å². The van der Waals surface area contributed by atoms with Gasteiger partial charge in [0, 0.05) is 18.5 Å². The third kappa shape index (κ3) is 7.09. The fourth-order valence-corrected chi connectivity index (χ4v) is 4.25. The van der Waals surface area contributed by atoms with Crippen molar-refractivity contribution in [3.05, 3.63) is 126 Å². The molecule has 0 amide bonds. The standard InChI is InChI=1S/C30H31NO4/c32-25-15-11-23(12-16-25)30(24-13-17-26(33)18-14-24)29(19-22-7-3-1-4-8-22)31-20-27(34)21-35-28-9-5-2-6-10-28/h1-18,27,29-34H,19-21H2/t27-,29?/m0/s1. The minimum Gasteiger partial charge on any atom is -0.508 e. The van der Waals surface area contributed by atoms with Crippen LogP contribution in [0.4, 0.5) is 0 Å². The molecule has 4 aromatic rings. The van der Waals surface area contributed by atoms with Gasteiger partial charge in [0.2, 0.25) is 0 Å². The minimum atomic E-state index is -0.700. The van der Waals surface area contributed by atoms with E-state index in [4.69, 9.17) is 4.74 Å². The normalized spacial score (nSPS) is 12.9. The summed E-state index contributed by atoms with van der Waals surface area (Å²) in [6.45, 7) is 0.523. The van der Waals surface area contributed by atoms with Crippen LogP contribution in [0.2, 0.25) is 0 Å². The Morgan fingerprint density at radius 1 is 0.657 bits per heavy atom. The van der Waals surface area contributed by atoms with Crippen LogP contribution in [0.5, 0.6) is 17.2 Å². The first kappa shape index (κ1) is 24.3. The summed E-state index contributed by atoms with van der Waals surface area (Å²) >= 11 is 0. The molecule has 0 bridgehead atoms. The first-order chi connectivity index (χ1) is 17.1. The lowest BCUT2D eigenvalue weighted by atomic mass is 9.82. The van der Waals surface area contributed by atoms with Crippen molar-refractivity contribution in [2.24, 2.45) is 0 Å². The van der Waals surface area contributed by atoms with Gasteiger partial charge < -0.3 is 25.4 Å². The molecule has 180 valence electrons. The number of nitrogens with one attached hydrogen (secondary N) is 1. The molecule has 5 heteroatoms. The maximum atomic E-state index is 10.7. The Morgan fingerprint density at radius 2 is 1.17 bits per heavy atom. The molecule has 0 radical (unpaired) electrons. The predicted octanol–water partition coefficient (Wildman–Crippen LogP) is 4.87. The van der Waals surface area contributed by atoms with Gasteiger partial charge in [0.25, 0.3) is 0 Å². The van der Waals surface area contributed by atoms with Gasteiger partial charge in [0.05, 0.1) is 0 Å². The van der Waals surface area contributed by atoms with Crippen molar-refractivity contribution >= 4 is 0 Å². The number of phenols is 2. The topological polar surface area (TPSA) is 82.0 Å². The maximum absolute atomic E-state index is 10.7. The Kier molecular flexibility index (Phi) is 8.39. The molecule has 0 saturated heterocycles. The SMILES string of the molecule is Oc1ccc(C(c2ccc(O)cc2)C(Cc2ccccc2)NC[C@H](O)COc2ccccc2)cc1. The molecule has 4 rings (SSSR count). The highest BCUT2D eigenvalue weighted by molar-refractivity contribution is 5.40.